The topological polar surface area (TPSA) is 3.24 Å². The van der Waals surface area contributed by atoms with Crippen molar-refractivity contribution in [1.82, 2.24) is 4.90 Å². The van der Waals surface area contributed by atoms with Crippen LogP contribution in [-0.4, -0.2) is 18.5 Å². The molecule has 0 N–H and O–H groups in total. The van der Waals surface area contributed by atoms with Crippen molar-refractivity contribution in [2.45, 2.75) is 47.1 Å². The third-order valence-electron chi connectivity index (χ3n) is 3.92. The quantitative estimate of drug-likeness (QED) is 0.377. The fraction of sp³-hybridized carbons (Fsp3) is 0.391. The molecule has 1 aromatic rings. The summed E-state index contributed by atoms with van der Waals surface area (Å²) in [6.45, 7) is 11.7. The van der Waals surface area contributed by atoms with Crippen LogP contribution in [0.1, 0.15) is 51.7 Å². The van der Waals surface area contributed by atoms with Gasteiger partial charge in [0.05, 0.1) is 0 Å². The normalized spacial score (nSPS) is 17.6. The van der Waals surface area contributed by atoms with Gasteiger partial charge < -0.3 is 4.90 Å². The van der Waals surface area contributed by atoms with E-state index in [1.807, 2.05) is 6.92 Å². The van der Waals surface area contributed by atoms with E-state index in [0.717, 1.165) is 19.5 Å². The number of rotatable bonds is 4. The lowest BCUT2D eigenvalue weighted by Gasteiger charge is -2.33. The maximum absolute atomic E-state index is 3.59. The first kappa shape index (κ1) is 23.6. The standard InChI is InChI=1S/C19H24BrN.C3H6.CH4/c1-4-6-7-8-9-15(5-2)19-14-21(3)13-16-12-17(20)10-11-18(16)19;1-3-2;/h5-12,19H,4,13-14H2,1-3H3;3H,1H2,2H3;1H4/b7-6+,9-8-,15-5+;;. The zero-order chi connectivity index (χ0) is 17.9. The van der Waals surface area contributed by atoms with Crippen molar-refractivity contribution in [3.05, 3.63) is 82.4 Å². The molecule has 1 aromatic carbocycles. The molecule has 1 unspecified atom stereocenters. The van der Waals surface area contributed by atoms with Gasteiger partial charge >= 0.3 is 0 Å². The molecule has 0 fully saturated rings. The summed E-state index contributed by atoms with van der Waals surface area (Å²) >= 11 is 3.59. The van der Waals surface area contributed by atoms with E-state index in [-0.39, 0.29) is 7.43 Å². The molecule has 0 saturated heterocycles. The third-order valence-corrected chi connectivity index (χ3v) is 4.42. The van der Waals surface area contributed by atoms with Gasteiger partial charge in [0.15, 0.2) is 0 Å². The van der Waals surface area contributed by atoms with Crippen LogP contribution in [0.2, 0.25) is 0 Å². The molecule has 0 radical (unpaired) electrons. The van der Waals surface area contributed by atoms with E-state index in [4.69, 9.17) is 0 Å². The minimum atomic E-state index is 0. The van der Waals surface area contributed by atoms with Crippen LogP contribution in [0.4, 0.5) is 0 Å². The summed E-state index contributed by atoms with van der Waals surface area (Å²) in [5.41, 5.74) is 4.29. The van der Waals surface area contributed by atoms with Crippen molar-refractivity contribution >= 4 is 15.9 Å². The van der Waals surface area contributed by atoms with Crippen LogP contribution >= 0.6 is 15.9 Å². The highest BCUT2D eigenvalue weighted by Gasteiger charge is 2.24. The van der Waals surface area contributed by atoms with Crippen LogP contribution < -0.4 is 0 Å². The number of nitrogens with zero attached hydrogens (tertiary/aromatic N) is 1. The van der Waals surface area contributed by atoms with E-state index in [1.165, 1.54) is 21.2 Å². The molecule has 2 rings (SSSR count). The summed E-state index contributed by atoms with van der Waals surface area (Å²) in [4.78, 5) is 2.40. The zero-order valence-electron chi connectivity index (χ0n) is 15.4. The second kappa shape index (κ2) is 12.9. The molecule has 1 atom stereocenters. The van der Waals surface area contributed by atoms with Crippen molar-refractivity contribution in [2.75, 3.05) is 13.6 Å². The van der Waals surface area contributed by atoms with E-state index in [2.05, 4.69) is 96.9 Å². The van der Waals surface area contributed by atoms with Crippen molar-refractivity contribution in [1.29, 1.82) is 0 Å². The minimum Gasteiger partial charge on any atom is -0.301 e. The average Bonchev–Trinajstić information content (AvgIpc) is 2.54. The molecule has 1 aliphatic rings. The number of fused-ring (bicyclic) bond motifs is 1. The van der Waals surface area contributed by atoms with E-state index in [0.29, 0.717) is 5.92 Å². The zero-order valence-corrected chi connectivity index (χ0v) is 17.0. The van der Waals surface area contributed by atoms with Gasteiger partial charge in [0.2, 0.25) is 0 Å². The van der Waals surface area contributed by atoms with E-state index in [1.54, 1.807) is 6.08 Å². The summed E-state index contributed by atoms with van der Waals surface area (Å²) < 4.78 is 1.17. The minimum absolute atomic E-state index is 0. The Morgan fingerprint density at radius 3 is 2.60 bits per heavy atom. The number of benzene rings is 1. The van der Waals surface area contributed by atoms with Crippen LogP contribution in [0.25, 0.3) is 0 Å². The van der Waals surface area contributed by atoms with Gasteiger partial charge in [-0.15, -0.1) is 6.58 Å². The fourth-order valence-electron chi connectivity index (χ4n) is 2.90. The monoisotopic (exact) mass is 403 g/mol. The van der Waals surface area contributed by atoms with E-state index < -0.39 is 0 Å². The predicted molar refractivity (Wildman–Crippen MR) is 118 cm³/mol. The molecule has 1 aliphatic heterocycles. The molecule has 1 heterocycles. The van der Waals surface area contributed by atoms with Crippen molar-refractivity contribution < 1.29 is 0 Å². The summed E-state index contributed by atoms with van der Waals surface area (Å²) in [6, 6.07) is 6.69. The third kappa shape index (κ3) is 7.58. The van der Waals surface area contributed by atoms with Gasteiger partial charge in [0.25, 0.3) is 0 Å². The van der Waals surface area contributed by atoms with Crippen LogP contribution in [0.15, 0.2) is 71.3 Å². The van der Waals surface area contributed by atoms with Gasteiger partial charge in [-0.3, -0.25) is 0 Å². The van der Waals surface area contributed by atoms with Gasteiger partial charge in [-0.2, -0.15) is 0 Å². The molecule has 0 amide bonds. The average molecular weight is 404 g/mol. The number of allylic oxidation sites excluding steroid dienone is 6. The molecule has 0 saturated carbocycles. The maximum atomic E-state index is 3.59. The van der Waals surface area contributed by atoms with E-state index >= 15 is 0 Å². The highest BCUT2D eigenvalue weighted by atomic mass is 79.9. The Kier molecular flexibility index (Phi) is 12.2. The predicted octanol–water partition coefficient (Wildman–Crippen LogP) is 7.28. The van der Waals surface area contributed by atoms with Crippen molar-refractivity contribution in [2.24, 2.45) is 0 Å². The first-order valence-corrected chi connectivity index (χ1v) is 9.39. The molecule has 138 valence electrons. The van der Waals surface area contributed by atoms with Crippen LogP contribution in [-0.2, 0) is 6.54 Å². The van der Waals surface area contributed by atoms with Gasteiger partial charge in [0.1, 0.15) is 0 Å². The number of likely N-dealkylation sites (N-methyl/N-ethyl adjacent to an activating group) is 1. The Morgan fingerprint density at radius 2 is 2.00 bits per heavy atom. The van der Waals surface area contributed by atoms with Gasteiger partial charge in [-0.25, -0.2) is 0 Å². The summed E-state index contributed by atoms with van der Waals surface area (Å²) in [7, 11) is 2.20. The molecule has 0 bridgehead atoms. The first-order chi connectivity index (χ1) is 11.6. The summed E-state index contributed by atoms with van der Waals surface area (Å²) in [6.07, 6.45) is 13.8. The largest absolute Gasteiger partial charge is 0.301 e. The van der Waals surface area contributed by atoms with Gasteiger partial charge in [-0.05, 0) is 56.1 Å². The Hall–Kier alpha value is -1.38. The maximum Gasteiger partial charge on any atom is 0.0234 e. The number of halogens is 1. The number of hydrogen-bond donors (Lipinski definition) is 0. The highest BCUT2D eigenvalue weighted by molar-refractivity contribution is 9.10. The summed E-state index contributed by atoms with van der Waals surface area (Å²) in [5, 5.41) is 0. The molecule has 2 heteroatoms. The van der Waals surface area contributed by atoms with Crippen LogP contribution in [0.5, 0.6) is 0 Å². The Balaban J connectivity index is 0.00000134. The molecule has 0 aliphatic carbocycles. The lowest BCUT2D eigenvalue weighted by Crippen LogP contribution is -2.31. The Morgan fingerprint density at radius 1 is 1.32 bits per heavy atom. The fourth-order valence-corrected chi connectivity index (χ4v) is 3.30. The molecule has 1 nitrogen and oxygen atoms in total. The molecule has 0 spiro atoms. The van der Waals surface area contributed by atoms with Crippen LogP contribution in [0, 0.1) is 0 Å². The first-order valence-electron chi connectivity index (χ1n) is 8.60. The van der Waals surface area contributed by atoms with Crippen LogP contribution in [0.3, 0.4) is 0 Å². The Bertz CT molecular complexity index is 611. The number of hydrogen-bond acceptors (Lipinski definition) is 1. The Labute approximate surface area is 164 Å². The van der Waals surface area contributed by atoms with Crippen molar-refractivity contribution in [3.63, 3.8) is 0 Å². The van der Waals surface area contributed by atoms with Gasteiger partial charge in [-0.1, -0.05) is 72.8 Å². The molecular weight excluding hydrogens is 370 g/mol. The second-order valence-corrected chi connectivity index (χ2v) is 6.90. The van der Waals surface area contributed by atoms with Crippen molar-refractivity contribution in [3.8, 4) is 0 Å². The molecule has 0 aromatic heterocycles. The lowest BCUT2D eigenvalue weighted by atomic mass is 9.84. The summed E-state index contributed by atoms with van der Waals surface area (Å²) in [5.74, 6) is 0.461. The molecule has 25 heavy (non-hydrogen) atoms. The second-order valence-electron chi connectivity index (χ2n) is 5.98. The highest BCUT2D eigenvalue weighted by Crippen LogP contribution is 2.35. The van der Waals surface area contributed by atoms with Gasteiger partial charge in [0, 0.05) is 23.5 Å². The molecular formula is C23H34BrN. The smallest absolute Gasteiger partial charge is 0.0234 e. The SMILES string of the molecule is C.C=CC.C\C=C(/C=C\C=C\CC)C1CN(C)Cc2cc(Br)ccc21. The lowest BCUT2D eigenvalue weighted by molar-refractivity contribution is 0.295. The van der Waals surface area contributed by atoms with E-state index in [9.17, 15) is 0 Å².